The molecule has 1 heterocycles. The van der Waals surface area contributed by atoms with Gasteiger partial charge in [-0.3, -0.25) is 4.90 Å². The van der Waals surface area contributed by atoms with Gasteiger partial charge in [0.1, 0.15) is 0 Å². The second kappa shape index (κ2) is 8.76. The monoisotopic (exact) mass is 392 g/mol. The minimum absolute atomic E-state index is 0.0916. The minimum Gasteiger partial charge on any atom is -0.450 e. The van der Waals surface area contributed by atoms with Crippen LogP contribution in [-0.4, -0.2) is 48.7 Å². The Labute approximate surface area is 164 Å². The number of carbonyl (C=O) groups excluding carboxylic acids is 1. The van der Waals surface area contributed by atoms with Crippen LogP contribution in [0.15, 0.2) is 48.5 Å². The number of carbonyl (C=O) groups is 1. The molecule has 1 aliphatic heterocycles. The van der Waals surface area contributed by atoms with Gasteiger partial charge in [0.05, 0.1) is 12.6 Å². The van der Waals surface area contributed by atoms with Crippen LogP contribution in [0.3, 0.4) is 0 Å². The van der Waals surface area contributed by atoms with E-state index in [1.807, 2.05) is 31.2 Å². The number of piperazine rings is 1. The molecule has 0 atom stereocenters. The van der Waals surface area contributed by atoms with Crippen molar-refractivity contribution >= 4 is 29.3 Å². The van der Waals surface area contributed by atoms with E-state index in [0.29, 0.717) is 19.7 Å². The van der Waals surface area contributed by atoms with Gasteiger partial charge < -0.3 is 9.64 Å². The van der Waals surface area contributed by atoms with E-state index in [2.05, 4.69) is 29.2 Å². The molecule has 0 bridgehead atoms. The molecule has 0 N–H and O–H groups in total. The second-order valence-corrected chi connectivity index (χ2v) is 7.10. The Hall–Kier alpha value is -1.75. The summed E-state index contributed by atoms with van der Waals surface area (Å²) in [5.41, 5.74) is 2.34. The van der Waals surface area contributed by atoms with Crippen LogP contribution in [0.2, 0.25) is 10.0 Å². The number of nitrogens with zero attached hydrogens (tertiary/aromatic N) is 2. The average molecular weight is 393 g/mol. The molecule has 0 spiro atoms. The fraction of sp³-hybridized carbons (Fsp3) is 0.350. The number of ether oxygens (including phenoxy) is 1. The van der Waals surface area contributed by atoms with Gasteiger partial charge in [0, 0.05) is 36.2 Å². The fourth-order valence-electron chi connectivity index (χ4n) is 3.28. The molecular formula is C20H22Cl2N2O2. The van der Waals surface area contributed by atoms with Crippen LogP contribution in [0.4, 0.5) is 4.79 Å². The smallest absolute Gasteiger partial charge is 0.409 e. The summed E-state index contributed by atoms with van der Waals surface area (Å²) in [4.78, 5) is 16.1. The highest BCUT2D eigenvalue weighted by atomic mass is 35.5. The van der Waals surface area contributed by atoms with Crippen LogP contribution in [0.5, 0.6) is 0 Å². The third-order valence-electron chi connectivity index (χ3n) is 4.58. The Balaban J connectivity index is 1.81. The van der Waals surface area contributed by atoms with Gasteiger partial charge in [-0.2, -0.15) is 0 Å². The third kappa shape index (κ3) is 4.50. The summed E-state index contributed by atoms with van der Waals surface area (Å²) in [6.45, 7) is 5.07. The van der Waals surface area contributed by atoms with Gasteiger partial charge in [-0.1, -0.05) is 47.5 Å². The lowest BCUT2D eigenvalue weighted by Gasteiger charge is -2.39. The highest BCUT2D eigenvalue weighted by Gasteiger charge is 2.28. The van der Waals surface area contributed by atoms with E-state index in [1.54, 1.807) is 4.90 Å². The molecule has 138 valence electrons. The van der Waals surface area contributed by atoms with E-state index < -0.39 is 0 Å². The van der Waals surface area contributed by atoms with Gasteiger partial charge in [-0.25, -0.2) is 4.79 Å². The van der Waals surface area contributed by atoms with E-state index in [9.17, 15) is 4.79 Å². The molecule has 3 rings (SSSR count). The quantitative estimate of drug-likeness (QED) is 0.744. The maximum Gasteiger partial charge on any atom is 0.409 e. The topological polar surface area (TPSA) is 32.8 Å². The molecule has 0 saturated carbocycles. The van der Waals surface area contributed by atoms with Crippen molar-refractivity contribution in [3.05, 3.63) is 69.7 Å². The normalized spacial score (nSPS) is 15.3. The molecule has 0 aliphatic carbocycles. The van der Waals surface area contributed by atoms with E-state index in [1.165, 1.54) is 11.1 Å². The first kappa shape index (κ1) is 19.0. The SMILES string of the molecule is CCOC(=O)N1CCN(C(c2ccc(Cl)cc2)c2ccc(Cl)cc2)CC1. The van der Waals surface area contributed by atoms with E-state index in [4.69, 9.17) is 27.9 Å². The minimum atomic E-state index is -0.235. The fourth-order valence-corrected chi connectivity index (χ4v) is 3.53. The number of amides is 1. The first-order valence-corrected chi connectivity index (χ1v) is 9.50. The van der Waals surface area contributed by atoms with Crippen LogP contribution < -0.4 is 0 Å². The van der Waals surface area contributed by atoms with Crippen molar-refractivity contribution < 1.29 is 9.53 Å². The second-order valence-electron chi connectivity index (χ2n) is 6.23. The molecule has 0 aromatic heterocycles. The van der Waals surface area contributed by atoms with Crippen LogP contribution in [0.25, 0.3) is 0 Å². The van der Waals surface area contributed by atoms with Gasteiger partial charge in [0.2, 0.25) is 0 Å². The molecule has 1 amide bonds. The van der Waals surface area contributed by atoms with E-state index in [0.717, 1.165) is 23.1 Å². The van der Waals surface area contributed by atoms with Crippen LogP contribution in [0.1, 0.15) is 24.1 Å². The molecule has 1 aliphatic rings. The number of rotatable bonds is 4. The Kier molecular flexibility index (Phi) is 6.41. The van der Waals surface area contributed by atoms with Crippen molar-refractivity contribution in [1.82, 2.24) is 9.80 Å². The number of hydrogen-bond donors (Lipinski definition) is 0. The van der Waals surface area contributed by atoms with Gasteiger partial charge in [0.25, 0.3) is 0 Å². The van der Waals surface area contributed by atoms with E-state index in [-0.39, 0.29) is 12.1 Å². The lowest BCUT2D eigenvalue weighted by molar-refractivity contribution is 0.0715. The Morgan fingerprint density at radius 3 is 1.81 bits per heavy atom. The predicted molar refractivity (Wildman–Crippen MR) is 105 cm³/mol. The summed E-state index contributed by atoms with van der Waals surface area (Å²) in [5.74, 6) is 0. The summed E-state index contributed by atoms with van der Waals surface area (Å²) in [6.07, 6.45) is -0.235. The molecule has 1 saturated heterocycles. The molecule has 6 heteroatoms. The van der Waals surface area contributed by atoms with Crippen molar-refractivity contribution in [3.8, 4) is 0 Å². The molecular weight excluding hydrogens is 371 g/mol. The summed E-state index contributed by atoms with van der Waals surface area (Å²) >= 11 is 12.1. The van der Waals surface area contributed by atoms with Crippen LogP contribution in [-0.2, 0) is 4.74 Å². The summed E-state index contributed by atoms with van der Waals surface area (Å²) < 4.78 is 5.11. The average Bonchev–Trinajstić information content (AvgIpc) is 2.66. The molecule has 2 aromatic rings. The lowest BCUT2D eigenvalue weighted by atomic mass is 9.96. The van der Waals surface area contributed by atoms with Crippen molar-refractivity contribution in [2.45, 2.75) is 13.0 Å². The Bertz CT molecular complexity index is 681. The Morgan fingerprint density at radius 2 is 1.38 bits per heavy atom. The van der Waals surface area contributed by atoms with Gasteiger partial charge in [-0.05, 0) is 42.3 Å². The summed E-state index contributed by atoms with van der Waals surface area (Å²) in [5, 5.41) is 1.44. The molecule has 0 unspecified atom stereocenters. The number of halogens is 2. The van der Waals surface area contributed by atoms with Gasteiger partial charge in [-0.15, -0.1) is 0 Å². The van der Waals surface area contributed by atoms with Crippen molar-refractivity contribution in [2.24, 2.45) is 0 Å². The maximum atomic E-state index is 11.9. The zero-order chi connectivity index (χ0) is 18.5. The molecule has 4 nitrogen and oxygen atoms in total. The highest BCUT2D eigenvalue weighted by Crippen LogP contribution is 2.31. The van der Waals surface area contributed by atoms with Gasteiger partial charge in [0.15, 0.2) is 0 Å². The number of hydrogen-bond acceptors (Lipinski definition) is 3. The molecule has 0 radical (unpaired) electrons. The van der Waals surface area contributed by atoms with Crippen molar-refractivity contribution in [2.75, 3.05) is 32.8 Å². The van der Waals surface area contributed by atoms with Gasteiger partial charge >= 0.3 is 6.09 Å². The van der Waals surface area contributed by atoms with E-state index >= 15 is 0 Å². The predicted octanol–water partition coefficient (Wildman–Crippen LogP) is 4.86. The Morgan fingerprint density at radius 1 is 0.923 bits per heavy atom. The van der Waals surface area contributed by atoms with Crippen molar-refractivity contribution in [3.63, 3.8) is 0 Å². The number of benzene rings is 2. The summed E-state index contributed by atoms with van der Waals surface area (Å²) in [7, 11) is 0. The largest absolute Gasteiger partial charge is 0.450 e. The van der Waals surface area contributed by atoms with Crippen molar-refractivity contribution in [1.29, 1.82) is 0 Å². The maximum absolute atomic E-state index is 11.9. The lowest BCUT2D eigenvalue weighted by Crippen LogP contribution is -2.50. The molecule has 2 aromatic carbocycles. The summed E-state index contributed by atoms with van der Waals surface area (Å²) in [6, 6.07) is 16.0. The van der Waals surface area contributed by atoms with Crippen LogP contribution in [0, 0.1) is 0 Å². The first-order valence-electron chi connectivity index (χ1n) is 8.75. The zero-order valence-corrected chi connectivity index (χ0v) is 16.2. The third-order valence-corrected chi connectivity index (χ3v) is 5.08. The molecule has 1 fully saturated rings. The highest BCUT2D eigenvalue weighted by molar-refractivity contribution is 6.30. The molecule has 26 heavy (non-hydrogen) atoms. The van der Waals surface area contributed by atoms with Crippen LogP contribution >= 0.6 is 23.2 Å². The zero-order valence-electron chi connectivity index (χ0n) is 14.7. The first-order chi connectivity index (χ1) is 12.6. The standard InChI is InChI=1S/C20H22Cl2N2O2/c1-2-26-20(25)24-13-11-23(12-14-24)19(15-3-7-17(21)8-4-15)16-5-9-18(22)10-6-16/h3-10,19H,2,11-14H2,1H3.